The number of likely N-dealkylation sites (tertiary alicyclic amines) is 1. The maximum absolute atomic E-state index is 12.6. The van der Waals surface area contributed by atoms with Crippen molar-refractivity contribution < 1.29 is 9.32 Å². The van der Waals surface area contributed by atoms with Crippen LogP contribution in [0.1, 0.15) is 24.3 Å². The van der Waals surface area contributed by atoms with Crippen molar-refractivity contribution >= 4 is 5.91 Å². The van der Waals surface area contributed by atoms with Crippen LogP contribution in [0.25, 0.3) is 11.5 Å². The minimum absolute atomic E-state index is 0.177. The number of aromatic nitrogens is 4. The SMILES string of the molecule is O=C(Cc1ccccc1)N1CCCC(Cc2nc(-c3cnccn3)no2)C1. The van der Waals surface area contributed by atoms with Crippen molar-refractivity contribution in [3.05, 3.63) is 60.4 Å². The molecule has 1 aliphatic rings. The summed E-state index contributed by atoms with van der Waals surface area (Å²) in [5.74, 6) is 1.54. The molecule has 138 valence electrons. The van der Waals surface area contributed by atoms with Crippen molar-refractivity contribution in [1.82, 2.24) is 25.0 Å². The number of hydrogen-bond acceptors (Lipinski definition) is 6. The van der Waals surface area contributed by atoms with Crippen LogP contribution in [0, 0.1) is 5.92 Å². The highest BCUT2D eigenvalue weighted by Crippen LogP contribution is 2.22. The molecule has 1 atom stereocenters. The van der Waals surface area contributed by atoms with E-state index in [0.29, 0.717) is 36.2 Å². The van der Waals surface area contributed by atoms with Crippen molar-refractivity contribution in [2.75, 3.05) is 13.1 Å². The van der Waals surface area contributed by atoms with E-state index in [1.54, 1.807) is 18.6 Å². The molecule has 1 fully saturated rings. The molecule has 7 heteroatoms. The molecule has 3 aromatic rings. The van der Waals surface area contributed by atoms with Crippen LogP contribution >= 0.6 is 0 Å². The van der Waals surface area contributed by atoms with E-state index in [4.69, 9.17) is 4.52 Å². The molecule has 4 rings (SSSR count). The Bertz CT molecular complexity index is 882. The summed E-state index contributed by atoms with van der Waals surface area (Å²) >= 11 is 0. The van der Waals surface area contributed by atoms with Gasteiger partial charge in [0.25, 0.3) is 0 Å². The van der Waals surface area contributed by atoms with E-state index in [2.05, 4.69) is 20.1 Å². The average Bonchev–Trinajstić information content (AvgIpc) is 3.18. The fourth-order valence-electron chi connectivity index (χ4n) is 3.44. The largest absolute Gasteiger partial charge is 0.342 e. The van der Waals surface area contributed by atoms with Crippen LogP contribution in [0.2, 0.25) is 0 Å². The maximum atomic E-state index is 12.6. The van der Waals surface area contributed by atoms with Crippen molar-refractivity contribution in [2.45, 2.75) is 25.7 Å². The third-order valence-corrected chi connectivity index (χ3v) is 4.79. The summed E-state index contributed by atoms with van der Waals surface area (Å²) in [6.45, 7) is 1.55. The summed E-state index contributed by atoms with van der Waals surface area (Å²) in [5, 5.41) is 3.99. The number of carbonyl (C=O) groups is 1. The predicted octanol–water partition coefficient (Wildman–Crippen LogP) is 2.55. The normalized spacial score (nSPS) is 17.0. The zero-order valence-corrected chi connectivity index (χ0v) is 15.0. The van der Waals surface area contributed by atoms with E-state index in [1.807, 2.05) is 35.2 Å². The first-order valence-corrected chi connectivity index (χ1v) is 9.18. The predicted molar refractivity (Wildman–Crippen MR) is 98.5 cm³/mol. The standard InChI is InChI=1S/C20H21N5O2/c26-19(12-15-5-2-1-3-6-15)25-10-4-7-16(14-25)11-18-23-20(24-27-18)17-13-21-8-9-22-17/h1-3,5-6,8-9,13,16H,4,7,10-12,14H2. The summed E-state index contributed by atoms with van der Waals surface area (Å²) in [7, 11) is 0. The molecule has 0 spiro atoms. The van der Waals surface area contributed by atoms with E-state index in [-0.39, 0.29) is 5.91 Å². The van der Waals surface area contributed by atoms with Gasteiger partial charge in [-0.15, -0.1) is 0 Å². The van der Waals surface area contributed by atoms with Gasteiger partial charge >= 0.3 is 0 Å². The summed E-state index contributed by atoms with van der Waals surface area (Å²) in [6, 6.07) is 9.87. The van der Waals surface area contributed by atoms with Crippen LogP contribution in [0.4, 0.5) is 0 Å². The van der Waals surface area contributed by atoms with Crippen molar-refractivity contribution in [1.29, 1.82) is 0 Å². The smallest absolute Gasteiger partial charge is 0.227 e. The van der Waals surface area contributed by atoms with E-state index < -0.39 is 0 Å². The van der Waals surface area contributed by atoms with Gasteiger partial charge in [-0.2, -0.15) is 4.98 Å². The van der Waals surface area contributed by atoms with E-state index in [0.717, 1.165) is 31.5 Å². The van der Waals surface area contributed by atoms with Gasteiger partial charge in [0.1, 0.15) is 5.69 Å². The lowest BCUT2D eigenvalue weighted by molar-refractivity contribution is -0.132. The highest BCUT2D eigenvalue weighted by atomic mass is 16.5. The van der Waals surface area contributed by atoms with Gasteiger partial charge in [0, 0.05) is 31.9 Å². The molecule has 2 aromatic heterocycles. The molecule has 1 amide bonds. The Kier molecular flexibility index (Phi) is 5.18. The molecule has 0 saturated carbocycles. The number of hydrogen-bond donors (Lipinski definition) is 0. The summed E-state index contributed by atoms with van der Waals surface area (Å²) in [6.07, 6.45) is 7.98. The number of amides is 1. The highest BCUT2D eigenvalue weighted by Gasteiger charge is 2.25. The molecule has 7 nitrogen and oxygen atoms in total. The lowest BCUT2D eigenvalue weighted by Gasteiger charge is -2.32. The first-order valence-electron chi connectivity index (χ1n) is 9.18. The molecular weight excluding hydrogens is 342 g/mol. The zero-order valence-electron chi connectivity index (χ0n) is 15.0. The number of piperidine rings is 1. The first-order chi connectivity index (χ1) is 13.3. The van der Waals surface area contributed by atoms with Gasteiger partial charge in [0.15, 0.2) is 0 Å². The molecular formula is C20H21N5O2. The molecule has 1 saturated heterocycles. The molecule has 3 heterocycles. The van der Waals surface area contributed by atoms with Gasteiger partial charge in [-0.1, -0.05) is 35.5 Å². The summed E-state index contributed by atoms with van der Waals surface area (Å²) in [4.78, 5) is 27.2. The van der Waals surface area contributed by atoms with E-state index in [9.17, 15) is 4.79 Å². The number of carbonyl (C=O) groups excluding carboxylic acids is 1. The Morgan fingerprint density at radius 3 is 2.93 bits per heavy atom. The van der Waals surface area contributed by atoms with Crippen LogP contribution in [-0.2, 0) is 17.6 Å². The Hall–Kier alpha value is -3.09. The number of benzene rings is 1. The van der Waals surface area contributed by atoms with Gasteiger partial charge < -0.3 is 9.42 Å². The van der Waals surface area contributed by atoms with Crippen molar-refractivity contribution in [3.63, 3.8) is 0 Å². The molecule has 27 heavy (non-hydrogen) atoms. The van der Waals surface area contributed by atoms with Crippen LogP contribution in [0.3, 0.4) is 0 Å². The minimum atomic E-state index is 0.177. The van der Waals surface area contributed by atoms with Crippen LogP contribution in [-0.4, -0.2) is 44.0 Å². The second-order valence-corrected chi connectivity index (χ2v) is 6.82. The van der Waals surface area contributed by atoms with Crippen LogP contribution < -0.4 is 0 Å². The molecule has 0 aliphatic carbocycles. The minimum Gasteiger partial charge on any atom is -0.342 e. The number of rotatable bonds is 5. The molecule has 0 N–H and O–H groups in total. The van der Waals surface area contributed by atoms with Crippen molar-refractivity contribution in [3.8, 4) is 11.5 Å². The second kappa shape index (κ2) is 8.07. The quantitative estimate of drug-likeness (QED) is 0.692. The monoisotopic (exact) mass is 363 g/mol. The average molecular weight is 363 g/mol. The van der Waals surface area contributed by atoms with Gasteiger partial charge in [-0.3, -0.25) is 9.78 Å². The molecule has 1 unspecified atom stereocenters. The number of nitrogens with zero attached hydrogens (tertiary/aromatic N) is 5. The highest BCUT2D eigenvalue weighted by molar-refractivity contribution is 5.78. The third kappa shape index (κ3) is 4.36. The first kappa shape index (κ1) is 17.3. The lowest BCUT2D eigenvalue weighted by atomic mass is 9.94. The van der Waals surface area contributed by atoms with Gasteiger partial charge in [0.2, 0.25) is 17.6 Å². The topological polar surface area (TPSA) is 85.0 Å². The Morgan fingerprint density at radius 2 is 2.11 bits per heavy atom. The van der Waals surface area contributed by atoms with Crippen LogP contribution in [0.5, 0.6) is 0 Å². The fourth-order valence-corrected chi connectivity index (χ4v) is 3.44. The van der Waals surface area contributed by atoms with Gasteiger partial charge in [0.05, 0.1) is 12.6 Å². The van der Waals surface area contributed by atoms with Gasteiger partial charge in [-0.25, -0.2) is 4.98 Å². The second-order valence-electron chi connectivity index (χ2n) is 6.82. The molecule has 0 radical (unpaired) electrons. The molecule has 0 bridgehead atoms. The molecule has 1 aromatic carbocycles. The Labute approximate surface area is 157 Å². The van der Waals surface area contributed by atoms with E-state index in [1.165, 1.54) is 0 Å². The lowest BCUT2D eigenvalue weighted by Crippen LogP contribution is -2.41. The van der Waals surface area contributed by atoms with E-state index >= 15 is 0 Å². The third-order valence-electron chi connectivity index (χ3n) is 4.79. The Morgan fingerprint density at radius 1 is 1.22 bits per heavy atom. The fraction of sp³-hybridized carbons (Fsp3) is 0.350. The summed E-state index contributed by atoms with van der Waals surface area (Å²) < 4.78 is 5.38. The maximum Gasteiger partial charge on any atom is 0.227 e. The Balaban J connectivity index is 1.36. The summed E-state index contributed by atoms with van der Waals surface area (Å²) in [5.41, 5.74) is 1.64. The van der Waals surface area contributed by atoms with Crippen LogP contribution in [0.15, 0.2) is 53.4 Å². The zero-order chi connectivity index (χ0) is 18.5. The van der Waals surface area contributed by atoms with Gasteiger partial charge in [-0.05, 0) is 24.3 Å². The molecule has 1 aliphatic heterocycles. The van der Waals surface area contributed by atoms with Crippen molar-refractivity contribution in [2.24, 2.45) is 5.92 Å².